The molecule has 3 heterocycles. The van der Waals surface area contributed by atoms with Crippen LogP contribution in [0.4, 0.5) is 9.59 Å². The number of hydrogen-bond acceptors (Lipinski definition) is 10. The number of H-pyrrole nitrogens is 2. The van der Waals surface area contributed by atoms with Crippen LogP contribution in [0.15, 0.2) is 60.9 Å². The second-order valence-electron chi connectivity index (χ2n) is 15.2. The van der Waals surface area contributed by atoms with Crippen LogP contribution in [0.2, 0.25) is 0 Å². The zero-order chi connectivity index (χ0) is 42.3. The van der Waals surface area contributed by atoms with Gasteiger partial charge >= 0.3 is 12.2 Å². The fraction of sp³-hybridized carbons (Fsp3) is 0.476. The zero-order valence-corrected chi connectivity index (χ0v) is 34.9. The Morgan fingerprint density at radius 1 is 0.655 bits per heavy atom. The highest BCUT2D eigenvalue weighted by molar-refractivity contribution is 5.86. The summed E-state index contributed by atoms with van der Waals surface area (Å²) < 4.78 is 21.9. The van der Waals surface area contributed by atoms with Gasteiger partial charge in [-0.15, -0.1) is 0 Å². The third-order valence-corrected chi connectivity index (χ3v) is 10.7. The van der Waals surface area contributed by atoms with Crippen LogP contribution in [0.3, 0.4) is 0 Å². The number of amides is 4. The van der Waals surface area contributed by atoms with E-state index in [2.05, 4.69) is 54.8 Å². The van der Waals surface area contributed by atoms with Crippen LogP contribution < -0.4 is 10.6 Å². The van der Waals surface area contributed by atoms with Crippen LogP contribution in [0.1, 0.15) is 88.7 Å². The lowest BCUT2D eigenvalue weighted by Gasteiger charge is -2.30. The third kappa shape index (κ3) is 10.0. The lowest BCUT2D eigenvalue weighted by Crippen LogP contribution is -2.50. The first-order valence-corrected chi connectivity index (χ1v) is 19.4. The van der Waals surface area contributed by atoms with Crippen LogP contribution in [0.5, 0.6) is 0 Å². The van der Waals surface area contributed by atoms with E-state index in [4.69, 9.17) is 18.9 Å². The highest BCUT2D eigenvalue weighted by Crippen LogP contribution is 2.32. The maximum Gasteiger partial charge on any atom is 0.407 e. The number of carbonyl (C=O) groups is 4. The molecule has 0 radical (unpaired) electrons. The van der Waals surface area contributed by atoms with Gasteiger partial charge < -0.3 is 49.3 Å². The molecule has 16 nitrogen and oxygen atoms in total. The normalized spacial score (nSPS) is 17.5. The van der Waals surface area contributed by atoms with Crippen LogP contribution >= 0.6 is 0 Å². The Hall–Kier alpha value is -5.74. The maximum absolute atomic E-state index is 13.3. The zero-order valence-electron chi connectivity index (χ0n) is 34.9. The van der Waals surface area contributed by atoms with Crippen molar-refractivity contribution in [2.75, 3.05) is 41.5 Å². The number of hydrogen-bond donors (Lipinski definition) is 4. The first-order valence-electron chi connectivity index (χ1n) is 19.4. The maximum atomic E-state index is 13.3. The van der Waals surface area contributed by atoms with Gasteiger partial charge in [-0.25, -0.2) is 19.6 Å². The molecule has 2 unspecified atom stereocenters. The minimum atomic E-state index is -0.744. The van der Waals surface area contributed by atoms with Crippen LogP contribution in [0, 0.1) is 11.8 Å². The molecule has 0 aliphatic carbocycles. The average Bonchev–Trinajstić information content (AvgIpc) is 3.94. The molecule has 4 N–H and O–H groups in total. The lowest BCUT2D eigenvalue weighted by atomic mass is 10.00. The smallest absolute Gasteiger partial charge is 0.407 e. The highest BCUT2D eigenvalue weighted by atomic mass is 16.6. The van der Waals surface area contributed by atoms with Gasteiger partial charge in [0.05, 0.1) is 63.3 Å². The van der Waals surface area contributed by atoms with E-state index in [0.717, 1.165) is 33.6 Å². The number of methoxy groups -OCH3 is 2. The topological polar surface area (TPSA) is 193 Å². The van der Waals surface area contributed by atoms with Crippen LogP contribution in [-0.2, 0) is 28.5 Å². The first kappa shape index (κ1) is 43.4. The van der Waals surface area contributed by atoms with Gasteiger partial charge in [0.25, 0.3) is 0 Å². The second-order valence-corrected chi connectivity index (χ2v) is 15.2. The molecule has 2 aromatic heterocycles. The van der Waals surface area contributed by atoms with E-state index in [9.17, 15) is 19.2 Å². The van der Waals surface area contributed by atoms with Crippen molar-refractivity contribution in [3.05, 3.63) is 83.8 Å². The summed E-state index contributed by atoms with van der Waals surface area (Å²) in [7, 11) is 5.90. The van der Waals surface area contributed by atoms with Crippen molar-refractivity contribution < 1.29 is 38.1 Å². The Kier molecular flexibility index (Phi) is 14.3. The molecule has 0 saturated carbocycles. The standard InChI is InChI=1S/C42H56N8O8/c1-23(2)35(47-41(53)55-9)39(51)49(7)25(5)37-43-19-31(45-37)29-15-11-27(12-16-29)28-13-17-30(18-14-28)33-21-58-34(22-57-33)32-20-44-38(46-32)26(6)50(8)40(52)36(24(3)4)48-42(54)56-10/h11-20,23-26,33-36H,21-22H2,1-10H3,(H,43,45)(H,44,46)(H,47,53)(H,48,54)/t25-,26-,33?,34?,35-,36-/m1/s1. The Balaban J connectivity index is 1.15. The van der Waals surface area contributed by atoms with E-state index in [1.807, 2.05) is 65.8 Å². The van der Waals surface area contributed by atoms with Gasteiger partial charge in [0.1, 0.15) is 35.9 Å². The summed E-state index contributed by atoms with van der Waals surface area (Å²) in [6, 6.07) is 14.1. The predicted molar refractivity (Wildman–Crippen MR) is 216 cm³/mol. The van der Waals surface area contributed by atoms with Crippen molar-refractivity contribution in [3.8, 4) is 22.4 Å². The summed E-state index contributed by atoms with van der Waals surface area (Å²) in [5.41, 5.74) is 5.61. The minimum Gasteiger partial charge on any atom is -0.453 e. The van der Waals surface area contributed by atoms with Crippen molar-refractivity contribution in [1.82, 2.24) is 40.4 Å². The molecule has 312 valence electrons. The fourth-order valence-electron chi connectivity index (χ4n) is 6.62. The number of ether oxygens (including phenoxy) is 4. The summed E-state index contributed by atoms with van der Waals surface area (Å²) in [6.45, 7) is 11.9. The third-order valence-electron chi connectivity index (χ3n) is 10.7. The van der Waals surface area contributed by atoms with E-state index in [-0.39, 0.29) is 41.9 Å². The van der Waals surface area contributed by atoms with Gasteiger partial charge in [-0.05, 0) is 47.9 Å². The van der Waals surface area contributed by atoms with Gasteiger partial charge in [0.15, 0.2) is 0 Å². The SMILES string of the molecule is COC(=O)N[C@@H](C(=O)N(C)[C@H](C)c1ncc(-c2ccc(-c3ccc(C4COC(c5cnc([C@@H](C)N(C)C(=O)[C@H](NC(=O)OC)C(C)C)[nH]5)CO4)cc3)cc2)[nH]1)C(C)C. The predicted octanol–water partition coefficient (Wildman–Crippen LogP) is 6.10. The van der Waals surface area contributed by atoms with Gasteiger partial charge in [-0.2, -0.15) is 0 Å². The minimum absolute atomic E-state index is 0.136. The summed E-state index contributed by atoms with van der Waals surface area (Å²) in [6.07, 6.45) is 1.55. The number of nitrogens with zero attached hydrogens (tertiary/aromatic N) is 4. The summed E-state index contributed by atoms with van der Waals surface area (Å²) in [4.78, 5) is 69.0. The summed E-state index contributed by atoms with van der Waals surface area (Å²) in [5.74, 6) is 0.442. The molecule has 1 saturated heterocycles. The van der Waals surface area contributed by atoms with Crippen LogP contribution in [-0.4, -0.2) is 107 Å². The number of nitrogens with one attached hydrogen (secondary N) is 4. The van der Waals surface area contributed by atoms with E-state index >= 15 is 0 Å². The second kappa shape index (κ2) is 19.1. The number of aromatic nitrogens is 4. The van der Waals surface area contributed by atoms with E-state index in [0.29, 0.717) is 24.9 Å². The molecule has 0 spiro atoms. The molecular formula is C42H56N8O8. The van der Waals surface area contributed by atoms with E-state index < -0.39 is 30.3 Å². The number of imidazole rings is 2. The highest BCUT2D eigenvalue weighted by Gasteiger charge is 2.33. The lowest BCUT2D eigenvalue weighted by molar-refractivity contribution is -0.138. The molecule has 58 heavy (non-hydrogen) atoms. The Morgan fingerprint density at radius 3 is 1.55 bits per heavy atom. The molecule has 4 aromatic rings. The van der Waals surface area contributed by atoms with Gasteiger partial charge in [0, 0.05) is 14.1 Å². The molecule has 6 atom stereocenters. The number of likely N-dealkylation sites (N-methyl/N-ethyl adjacent to an activating group) is 2. The molecule has 0 bridgehead atoms. The quantitative estimate of drug-likeness (QED) is 0.116. The van der Waals surface area contributed by atoms with Crippen molar-refractivity contribution in [3.63, 3.8) is 0 Å². The first-order chi connectivity index (χ1) is 27.6. The Labute approximate surface area is 339 Å². The molecule has 16 heteroatoms. The fourth-order valence-corrected chi connectivity index (χ4v) is 6.62. The van der Waals surface area contributed by atoms with Gasteiger partial charge in [-0.1, -0.05) is 76.2 Å². The van der Waals surface area contributed by atoms with E-state index in [1.54, 1.807) is 36.3 Å². The summed E-state index contributed by atoms with van der Waals surface area (Å²) in [5, 5.41) is 5.25. The number of rotatable bonds is 14. The number of alkyl carbamates (subject to hydrolysis) is 2. The number of aromatic amines is 2. The molecule has 2 aromatic carbocycles. The van der Waals surface area contributed by atoms with Crippen molar-refractivity contribution in [1.29, 1.82) is 0 Å². The van der Waals surface area contributed by atoms with Gasteiger partial charge in [0.2, 0.25) is 11.8 Å². The molecular weight excluding hydrogens is 745 g/mol. The van der Waals surface area contributed by atoms with Crippen molar-refractivity contribution in [2.45, 2.75) is 77.9 Å². The van der Waals surface area contributed by atoms with E-state index in [1.165, 1.54) is 14.2 Å². The monoisotopic (exact) mass is 800 g/mol. The largest absolute Gasteiger partial charge is 0.453 e. The Bertz CT molecular complexity index is 2000. The van der Waals surface area contributed by atoms with Gasteiger partial charge in [-0.3, -0.25) is 9.59 Å². The molecule has 1 fully saturated rings. The number of benzene rings is 2. The van der Waals surface area contributed by atoms with Crippen LogP contribution in [0.25, 0.3) is 22.4 Å². The Morgan fingerprint density at radius 2 is 1.09 bits per heavy atom. The molecule has 1 aliphatic rings. The molecule has 5 rings (SSSR count). The van der Waals surface area contributed by atoms with Crippen molar-refractivity contribution in [2.24, 2.45) is 11.8 Å². The summed E-state index contributed by atoms with van der Waals surface area (Å²) >= 11 is 0. The molecule has 4 amide bonds. The molecule has 1 aliphatic heterocycles. The average molecular weight is 801 g/mol. The number of carbonyl (C=O) groups excluding carboxylic acids is 4. The van der Waals surface area contributed by atoms with Crippen molar-refractivity contribution >= 4 is 24.0 Å².